The number of hydrogen-bond acceptors (Lipinski definition) is 3. The van der Waals surface area contributed by atoms with E-state index in [2.05, 4.69) is 61.4 Å². The molecule has 0 radical (unpaired) electrons. The maximum atomic E-state index is 4.12. The average Bonchev–Trinajstić information content (AvgIpc) is 3.23. The molecule has 0 spiro atoms. The van der Waals surface area contributed by atoms with Gasteiger partial charge in [0, 0.05) is 5.39 Å². The summed E-state index contributed by atoms with van der Waals surface area (Å²) < 4.78 is 2.03. The molecule has 0 amide bonds. The van der Waals surface area contributed by atoms with Crippen LogP contribution in [0.4, 0.5) is 0 Å². The Morgan fingerprint density at radius 2 is 1.90 bits per heavy atom. The van der Waals surface area contributed by atoms with Gasteiger partial charge in [0.1, 0.15) is 6.33 Å². The molecule has 4 rings (SSSR count). The van der Waals surface area contributed by atoms with E-state index in [1.807, 2.05) is 4.57 Å². The second-order valence-electron chi connectivity index (χ2n) is 5.05. The number of aromatic nitrogens is 3. The van der Waals surface area contributed by atoms with Crippen LogP contribution in [0.2, 0.25) is 0 Å². The third-order valence-electron chi connectivity index (χ3n) is 3.80. The minimum absolute atomic E-state index is 0.750. The molecular formula is C15H12BrN3S. The number of hydrogen-bond donors (Lipinski definition) is 0. The molecule has 0 saturated heterocycles. The van der Waals surface area contributed by atoms with Crippen molar-refractivity contribution < 1.29 is 0 Å². The fourth-order valence-electron chi connectivity index (χ4n) is 2.71. The third-order valence-corrected chi connectivity index (χ3v) is 5.08. The van der Waals surface area contributed by atoms with E-state index in [0.29, 0.717) is 0 Å². The summed E-state index contributed by atoms with van der Waals surface area (Å²) in [7, 11) is 1.43. The highest BCUT2D eigenvalue weighted by Gasteiger charge is 2.25. The van der Waals surface area contributed by atoms with Crippen molar-refractivity contribution in [2.24, 2.45) is 0 Å². The maximum absolute atomic E-state index is 4.12. The standard InChI is InChI=1S/C15H12BrN3S/c16-20-15-18-17-9-19(15)14-8-7-11(10-5-6-10)12-3-1-2-4-13(12)14/h1-4,7-10H,5-6H2. The molecule has 1 aliphatic rings. The van der Waals surface area contributed by atoms with Gasteiger partial charge in [-0.3, -0.25) is 4.57 Å². The molecule has 1 saturated carbocycles. The van der Waals surface area contributed by atoms with Gasteiger partial charge in [0.2, 0.25) is 5.16 Å². The summed E-state index contributed by atoms with van der Waals surface area (Å²) >= 11 is 3.39. The highest BCUT2D eigenvalue weighted by atomic mass is 79.9. The molecule has 2 aromatic carbocycles. The normalized spacial score (nSPS) is 14.8. The first kappa shape index (κ1) is 12.4. The Bertz CT molecular complexity index is 780. The predicted molar refractivity (Wildman–Crippen MR) is 85.6 cm³/mol. The van der Waals surface area contributed by atoms with E-state index in [0.717, 1.165) is 16.8 Å². The van der Waals surface area contributed by atoms with Crippen molar-refractivity contribution in [1.29, 1.82) is 0 Å². The summed E-state index contributed by atoms with van der Waals surface area (Å²) in [6, 6.07) is 13.1. The maximum Gasteiger partial charge on any atom is 0.206 e. The first-order valence-corrected chi connectivity index (χ1v) is 9.25. The van der Waals surface area contributed by atoms with Crippen LogP contribution in [-0.2, 0) is 0 Å². The van der Waals surface area contributed by atoms with E-state index >= 15 is 0 Å². The van der Waals surface area contributed by atoms with E-state index < -0.39 is 0 Å². The number of halogens is 1. The minimum Gasteiger partial charge on any atom is -0.275 e. The van der Waals surface area contributed by atoms with Crippen molar-refractivity contribution in [2.75, 3.05) is 0 Å². The Morgan fingerprint density at radius 3 is 2.65 bits per heavy atom. The first-order chi connectivity index (χ1) is 9.88. The molecule has 3 aromatic rings. The van der Waals surface area contributed by atoms with Gasteiger partial charge in [-0.05, 0) is 60.8 Å². The van der Waals surface area contributed by atoms with Crippen LogP contribution in [0, 0.1) is 0 Å². The van der Waals surface area contributed by atoms with Gasteiger partial charge in [0.15, 0.2) is 0 Å². The molecule has 5 heteroatoms. The molecule has 1 aromatic heterocycles. The highest BCUT2D eigenvalue weighted by molar-refractivity contribution is 9.50. The number of benzene rings is 2. The minimum atomic E-state index is 0.750. The summed E-state index contributed by atoms with van der Waals surface area (Å²) in [5.41, 5.74) is 2.61. The first-order valence-electron chi connectivity index (χ1n) is 6.59. The van der Waals surface area contributed by atoms with Crippen LogP contribution in [0.3, 0.4) is 0 Å². The summed E-state index contributed by atoms with van der Waals surface area (Å²) in [5.74, 6) is 0.750. The van der Waals surface area contributed by atoms with Gasteiger partial charge in [0.05, 0.1) is 5.69 Å². The second-order valence-corrected chi connectivity index (χ2v) is 6.55. The van der Waals surface area contributed by atoms with Crippen LogP contribution >= 0.6 is 25.0 Å². The molecule has 0 aliphatic heterocycles. The Kier molecular flexibility index (Phi) is 3.04. The van der Waals surface area contributed by atoms with Crippen LogP contribution in [0.5, 0.6) is 0 Å². The summed E-state index contributed by atoms with van der Waals surface area (Å²) in [4.78, 5) is 0. The van der Waals surface area contributed by atoms with E-state index in [1.165, 1.54) is 39.4 Å². The second kappa shape index (κ2) is 4.90. The summed E-state index contributed by atoms with van der Waals surface area (Å²) in [5, 5.41) is 11.6. The van der Waals surface area contributed by atoms with Crippen LogP contribution in [0.15, 0.2) is 47.9 Å². The van der Waals surface area contributed by atoms with Crippen molar-refractivity contribution in [3.05, 3.63) is 48.3 Å². The van der Waals surface area contributed by atoms with Gasteiger partial charge < -0.3 is 0 Å². The van der Waals surface area contributed by atoms with E-state index in [4.69, 9.17) is 0 Å². The van der Waals surface area contributed by atoms with E-state index in [-0.39, 0.29) is 0 Å². The monoisotopic (exact) mass is 345 g/mol. The molecule has 0 N–H and O–H groups in total. The number of nitrogens with zero attached hydrogens (tertiary/aromatic N) is 3. The lowest BCUT2D eigenvalue weighted by atomic mass is 9.99. The zero-order chi connectivity index (χ0) is 13.5. The van der Waals surface area contributed by atoms with Gasteiger partial charge in [-0.15, -0.1) is 10.2 Å². The van der Waals surface area contributed by atoms with Gasteiger partial charge in [-0.1, -0.05) is 30.3 Å². The molecule has 1 fully saturated rings. The van der Waals surface area contributed by atoms with E-state index in [1.54, 1.807) is 6.33 Å². The molecule has 100 valence electrons. The van der Waals surface area contributed by atoms with Crippen molar-refractivity contribution in [2.45, 2.75) is 23.9 Å². The molecule has 1 heterocycles. The fraction of sp³-hybridized carbons (Fsp3) is 0.200. The van der Waals surface area contributed by atoms with Gasteiger partial charge >= 0.3 is 0 Å². The average molecular weight is 346 g/mol. The topological polar surface area (TPSA) is 30.7 Å². The summed E-state index contributed by atoms with van der Waals surface area (Å²) in [6.07, 6.45) is 4.40. The summed E-state index contributed by atoms with van der Waals surface area (Å²) in [6.45, 7) is 0. The molecule has 0 atom stereocenters. The predicted octanol–water partition coefficient (Wildman–Crippen LogP) is 4.70. The van der Waals surface area contributed by atoms with Gasteiger partial charge in [0.25, 0.3) is 0 Å². The van der Waals surface area contributed by atoms with Crippen molar-refractivity contribution in [1.82, 2.24) is 14.8 Å². The fourth-order valence-corrected chi connectivity index (χ4v) is 3.67. The van der Waals surface area contributed by atoms with Crippen molar-refractivity contribution in [3.8, 4) is 5.69 Å². The lowest BCUT2D eigenvalue weighted by Crippen LogP contribution is -1.97. The van der Waals surface area contributed by atoms with Gasteiger partial charge in [-0.25, -0.2) is 0 Å². The molecular weight excluding hydrogens is 334 g/mol. The molecule has 1 aliphatic carbocycles. The Labute approximate surface area is 128 Å². The molecule has 3 nitrogen and oxygen atoms in total. The van der Waals surface area contributed by atoms with Crippen molar-refractivity contribution in [3.63, 3.8) is 0 Å². The third kappa shape index (κ3) is 1.96. The Balaban J connectivity index is 1.99. The van der Waals surface area contributed by atoms with E-state index in [9.17, 15) is 0 Å². The van der Waals surface area contributed by atoms with Crippen LogP contribution < -0.4 is 0 Å². The van der Waals surface area contributed by atoms with Crippen LogP contribution in [-0.4, -0.2) is 14.8 Å². The van der Waals surface area contributed by atoms with Gasteiger partial charge in [-0.2, -0.15) is 0 Å². The zero-order valence-electron chi connectivity index (χ0n) is 10.7. The highest BCUT2D eigenvalue weighted by Crippen LogP contribution is 2.44. The quantitative estimate of drug-likeness (QED) is 0.689. The molecule has 0 unspecified atom stereocenters. The van der Waals surface area contributed by atoms with Crippen LogP contribution in [0.1, 0.15) is 24.3 Å². The zero-order valence-corrected chi connectivity index (χ0v) is 13.1. The number of rotatable bonds is 3. The SMILES string of the molecule is BrSc1nncn1-c1ccc(C2CC2)c2ccccc12. The van der Waals surface area contributed by atoms with Crippen LogP contribution in [0.25, 0.3) is 16.5 Å². The largest absolute Gasteiger partial charge is 0.275 e. The smallest absolute Gasteiger partial charge is 0.206 e. The Hall–Kier alpha value is -1.33. The molecule has 0 bridgehead atoms. The lowest BCUT2D eigenvalue weighted by molar-refractivity contribution is 0.894. The molecule has 20 heavy (non-hydrogen) atoms. The Morgan fingerprint density at radius 1 is 1.10 bits per heavy atom. The number of fused-ring (bicyclic) bond motifs is 1. The van der Waals surface area contributed by atoms with Crippen molar-refractivity contribution >= 4 is 35.8 Å². The lowest BCUT2D eigenvalue weighted by Gasteiger charge is -2.12.